The highest BCUT2D eigenvalue weighted by Gasteiger charge is 2.02. The summed E-state index contributed by atoms with van der Waals surface area (Å²) in [5, 5.41) is 5.59. The highest BCUT2D eigenvalue weighted by Crippen LogP contribution is 2.18. The Kier molecular flexibility index (Phi) is 4.80. The minimum Gasteiger partial charge on any atom is -0.334 e. The van der Waals surface area contributed by atoms with Gasteiger partial charge in [-0.2, -0.15) is 0 Å². The third-order valence-electron chi connectivity index (χ3n) is 2.50. The number of benzene rings is 1. The van der Waals surface area contributed by atoms with Gasteiger partial charge in [-0.05, 0) is 36.1 Å². The summed E-state index contributed by atoms with van der Waals surface area (Å²) in [5.74, 6) is 0. The molecule has 0 atom stereocenters. The molecule has 1 aromatic heterocycles. The molecule has 2 aromatic rings. The second-order valence-corrected chi connectivity index (χ2v) is 4.78. The number of rotatable bonds is 4. The van der Waals surface area contributed by atoms with E-state index in [4.69, 9.17) is 0 Å². The van der Waals surface area contributed by atoms with Crippen LogP contribution in [0.2, 0.25) is 0 Å². The third kappa shape index (κ3) is 4.30. The molecule has 0 aliphatic rings. The molecule has 1 aromatic carbocycles. The molecule has 98 valence electrons. The first-order chi connectivity index (χ1) is 9.28. The van der Waals surface area contributed by atoms with Crippen LogP contribution in [0.1, 0.15) is 5.56 Å². The summed E-state index contributed by atoms with van der Waals surface area (Å²) in [7, 11) is 0. The Morgan fingerprint density at radius 2 is 2.21 bits per heavy atom. The van der Waals surface area contributed by atoms with Gasteiger partial charge in [0.25, 0.3) is 0 Å². The molecule has 0 aliphatic heterocycles. The Morgan fingerprint density at radius 1 is 1.32 bits per heavy atom. The summed E-state index contributed by atoms with van der Waals surface area (Å²) in [5.41, 5.74) is 1.76. The summed E-state index contributed by atoms with van der Waals surface area (Å²) < 4.78 is 0. The van der Waals surface area contributed by atoms with Crippen molar-refractivity contribution in [3.05, 3.63) is 54.4 Å². The molecule has 0 unspecified atom stereocenters. The van der Waals surface area contributed by atoms with Crippen molar-refractivity contribution in [1.82, 2.24) is 10.3 Å². The molecular weight excluding hydrogens is 258 g/mol. The molecule has 0 saturated carbocycles. The van der Waals surface area contributed by atoms with Gasteiger partial charge in [0.1, 0.15) is 0 Å². The van der Waals surface area contributed by atoms with Gasteiger partial charge in [0, 0.05) is 29.5 Å². The second kappa shape index (κ2) is 6.80. The van der Waals surface area contributed by atoms with Crippen LogP contribution >= 0.6 is 11.8 Å². The van der Waals surface area contributed by atoms with Crippen LogP contribution in [-0.2, 0) is 6.54 Å². The van der Waals surface area contributed by atoms with Crippen LogP contribution in [0, 0.1) is 0 Å². The van der Waals surface area contributed by atoms with Crippen LogP contribution in [0.15, 0.2) is 53.7 Å². The lowest BCUT2D eigenvalue weighted by atomic mass is 10.3. The van der Waals surface area contributed by atoms with E-state index in [-0.39, 0.29) is 6.03 Å². The first-order valence-corrected chi connectivity index (χ1v) is 7.08. The van der Waals surface area contributed by atoms with Gasteiger partial charge in [0.05, 0.1) is 0 Å². The van der Waals surface area contributed by atoms with Crippen molar-refractivity contribution in [2.45, 2.75) is 11.4 Å². The predicted molar refractivity (Wildman–Crippen MR) is 78.3 cm³/mol. The summed E-state index contributed by atoms with van der Waals surface area (Å²) in [6.07, 6.45) is 5.44. The first kappa shape index (κ1) is 13.4. The Labute approximate surface area is 116 Å². The van der Waals surface area contributed by atoms with Crippen molar-refractivity contribution >= 4 is 23.5 Å². The van der Waals surface area contributed by atoms with E-state index in [1.54, 1.807) is 24.2 Å². The van der Waals surface area contributed by atoms with Gasteiger partial charge < -0.3 is 10.6 Å². The summed E-state index contributed by atoms with van der Waals surface area (Å²) in [6.45, 7) is 0.460. The molecule has 4 nitrogen and oxygen atoms in total. The van der Waals surface area contributed by atoms with Crippen LogP contribution < -0.4 is 10.6 Å². The number of pyridine rings is 1. The minimum atomic E-state index is -0.220. The Balaban J connectivity index is 1.87. The molecule has 0 radical (unpaired) electrons. The third-order valence-corrected chi connectivity index (χ3v) is 3.23. The van der Waals surface area contributed by atoms with E-state index in [1.807, 2.05) is 42.7 Å². The topological polar surface area (TPSA) is 54.0 Å². The normalized spacial score (nSPS) is 9.95. The van der Waals surface area contributed by atoms with E-state index in [1.165, 1.54) is 0 Å². The molecule has 1 heterocycles. The average molecular weight is 273 g/mol. The number of carbonyl (C=O) groups excluding carboxylic acids is 1. The fourth-order valence-electron chi connectivity index (χ4n) is 1.56. The molecule has 0 fully saturated rings. The number of thioether (sulfide) groups is 1. The van der Waals surface area contributed by atoms with Crippen molar-refractivity contribution in [3.63, 3.8) is 0 Å². The molecule has 0 saturated heterocycles. The van der Waals surface area contributed by atoms with Gasteiger partial charge in [0.15, 0.2) is 0 Å². The summed E-state index contributed by atoms with van der Waals surface area (Å²) >= 11 is 1.64. The second-order valence-electron chi connectivity index (χ2n) is 3.90. The van der Waals surface area contributed by atoms with Gasteiger partial charge in [0.2, 0.25) is 0 Å². The maximum absolute atomic E-state index is 11.7. The number of urea groups is 1. The number of carbonyl (C=O) groups is 1. The van der Waals surface area contributed by atoms with Crippen molar-refractivity contribution in [3.8, 4) is 0 Å². The van der Waals surface area contributed by atoms with E-state index in [9.17, 15) is 4.79 Å². The zero-order chi connectivity index (χ0) is 13.5. The van der Waals surface area contributed by atoms with Gasteiger partial charge >= 0.3 is 6.03 Å². The van der Waals surface area contributed by atoms with Crippen LogP contribution in [0.4, 0.5) is 10.5 Å². The largest absolute Gasteiger partial charge is 0.334 e. The average Bonchev–Trinajstić information content (AvgIpc) is 2.46. The molecule has 0 bridgehead atoms. The lowest BCUT2D eigenvalue weighted by molar-refractivity contribution is 0.251. The molecule has 2 rings (SSSR count). The number of hydrogen-bond donors (Lipinski definition) is 2. The van der Waals surface area contributed by atoms with Crippen molar-refractivity contribution in [1.29, 1.82) is 0 Å². The monoisotopic (exact) mass is 273 g/mol. The molecule has 19 heavy (non-hydrogen) atoms. The Bertz CT molecular complexity index is 545. The zero-order valence-corrected chi connectivity index (χ0v) is 11.4. The first-order valence-electron chi connectivity index (χ1n) is 5.86. The Hall–Kier alpha value is -2.01. The number of amides is 2. The molecular formula is C14H15N3OS. The molecule has 0 spiro atoms. The van der Waals surface area contributed by atoms with E-state index in [0.717, 1.165) is 16.1 Å². The van der Waals surface area contributed by atoms with Crippen LogP contribution in [0.25, 0.3) is 0 Å². The Morgan fingerprint density at radius 3 is 2.95 bits per heavy atom. The number of anilines is 1. The predicted octanol–water partition coefficient (Wildman–Crippen LogP) is 3.13. The lowest BCUT2D eigenvalue weighted by Crippen LogP contribution is -2.28. The summed E-state index contributed by atoms with van der Waals surface area (Å²) in [4.78, 5) is 16.8. The van der Waals surface area contributed by atoms with E-state index >= 15 is 0 Å². The highest BCUT2D eigenvalue weighted by molar-refractivity contribution is 7.98. The van der Waals surface area contributed by atoms with Crippen molar-refractivity contribution < 1.29 is 4.79 Å². The van der Waals surface area contributed by atoms with Gasteiger partial charge in [-0.15, -0.1) is 11.8 Å². The number of hydrogen-bond acceptors (Lipinski definition) is 3. The number of nitrogens with one attached hydrogen (secondary N) is 2. The lowest BCUT2D eigenvalue weighted by Gasteiger charge is -2.08. The molecule has 5 heteroatoms. The van der Waals surface area contributed by atoms with Gasteiger partial charge in [-0.1, -0.05) is 12.1 Å². The molecule has 0 aliphatic carbocycles. The molecule has 2 N–H and O–H groups in total. The maximum Gasteiger partial charge on any atom is 0.319 e. The van der Waals surface area contributed by atoms with Crippen LogP contribution in [0.5, 0.6) is 0 Å². The number of nitrogens with zero attached hydrogens (tertiary/aromatic N) is 1. The highest BCUT2D eigenvalue weighted by atomic mass is 32.2. The fourth-order valence-corrected chi connectivity index (χ4v) is 2.02. The van der Waals surface area contributed by atoms with E-state index in [2.05, 4.69) is 15.6 Å². The van der Waals surface area contributed by atoms with Crippen LogP contribution in [-0.4, -0.2) is 17.3 Å². The minimum absolute atomic E-state index is 0.220. The van der Waals surface area contributed by atoms with Crippen LogP contribution in [0.3, 0.4) is 0 Å². The van der Waals surface area contributed by atoms with Crippen molar-refractivity contribution in [2.24, 2.45) is 0 Å². The van der Waals surface area contributed by atoms with Crippen molar-refractivity contribution in [2.75, 3.05) is 11.6 Å². The smallest absolute Gasteiger partial charge is 0.319 e. The SMILES string of the molecule is CSc1cccc(NC(=O)NCc2cccnc2)c1. The fraction of sp³-hybridized carbons (Fsp3) is 0.143. The molecule has 2 amide bonds. The summed E-state index contributed by atoms with van der Waals surface area (Å²) in [6, 6.07) is 11.3. The quantitative estimate of drug-likeness (QED) is 0.841. The maximum atomic E-state index is 11.7. The van der Waals surface area contributed by atoms with E-state index in [0.29, 0.717) is 6.54 Å². The van der Waals surface area contributed by atoms with Gasteiger partial charge in [-0.25, -0.2) is 4.79 Å². The standard InChI is InChI=1S/C14H15N3OS/c1-19-13-6-2-5-12(8-13)17-14(18)16-10-11-4-3-7-15-9-11/h2-9H,10H2,1H3,(H2,16,17,18). The van der Waals surface area contributed by atoms with Gasteiger partial charge in [-0.3, -0.25) is 4.98 Å². The zero-order valence-electron chi connectivity index (χ0n) is 10.6. The number of aromatic nitrogens is 1. The van der Waals surface area contributed by atoms with E-state index < -0.39 is 0 Å².